The summed E-state index contributed by atoms with van der Waals surface area (Å²) in [6.45, 7) is 6.49. The number of carboxylic acid groups (broad SMARTS) is 1. The molecule has 4 nitrogen and oxygen atoms in total. The summed E-state index contributed by atoms with van der Waals surface area (Å²) in [4.78, 5) is 17.8. The smallest absolute Gasteiger partial charge is 0.308 e. The first-order chi connectivity index (χ1) is 7.37. The van der Waals surface area contributed by atoms with Crippen LogP contribution in [0.5, 0.6) is 0 Å². The van der Waals surface area contributed by atoms with Gasteiger partial charge >= 0.3 is 5.97 Å². The highest BCUT2D eigenvalue weighted by Crippen LogP contribution is 2.17. The number of hydroxylamine groups is 1. The highest BCUT2D eigenvalue weighted by Gasteiger charge is 2.10. The summed E-state index contributed by atoms with van der Waals surface area (Å²) in [7, 11) is 0. The average Bonchev–Trinajstić information content (AvgIpc) is 2.49. The molecular weight excluding hydrogens is 226 g/mol. The molecule has 16 heavy (non-hydrogen) atoms. The zero-order valence-corrected chi connectivity index (χ0v) is 10.6. The molecule has 5 heteroatoms. The molecule has 0 spiro atoms. The van der Waals surface area contributed by atoms with Crippen LogP contribution >= 0.6 is 11.3 Å². The topological polar surface area (TPSA) is 58.6 Å². The summed E-state index contributed by atoms with van der Waals surface area (Å²) in [5.74, 6) is -0.799. The van der Waals surface area contributed by atoms with Crippen LogP contribution < -0.4 is 5.48 Å². The molecule has 1 aromatic heterocycles. The van der Waals surface area contributed by atoms with Crippen LogP contribution in [0.25, 0.3) is 0 Å². The van der Waals surface area contributed by atoms with Crippen molar-refractivity contribution in [3.8, 4) is 0 Å². The summed E-state index contributed by atoms with van der Waals surface area (Å²) in [5.41, 5.74) is 2.65. The van der Waals surface area contributed by atoms with Crippen molar-refractivity contribution in [1.82, 2.24) is 5.48 Å². The second-order valence-corrected chi connectivity index (χ2v) is 5.73. The van der Waals surface area contributed by atoms with Gasteiger partial charge in [-0.1, -0.05) is 0 Å². The molecule has 0 aromatic carbocycles. The van der Waals surface area contributed by atoms with E-state index < -0.39 is 5.97 Å². The number of hydrogen-bond acceptors (Lipinski definition) is 4. The minimum Gasteiger partial charge on any atom is -0.481 e. The quantitative estimate of drug-likeness (QED) is 0.778. The molecule has 90 valence electrons. The van der Waals surface area contributed by atoms with E-state index in [1.807, 2.05) is 32.9 Å². The lowest BCUT2D eigenvalue weighted by atomic mass is 10.2. The Morgan fingerprint density at radius 3 is 2.62 bits per heavy atom. The molecule has 1 aromatic rings. The number of nitrogens with one attached hydrogen (secondary N) is 1. The Morgan fingerprint density at radius 2 is 2.06 bits per heavy atom. The van der Waals surface area contributed by atoms with Gasteiger partial charge in [-0.3, -0.25) is 9.63 Å². The number of aliphatic carboxylic acids is 1. The summed E-state index contributed by atoms with van der Waals surface area (Å²) in [5, 5.41) is 8.63. The molecule has 0 aliphatic heterocycles. The molecule has 0 saturated carbocycles. The summed E-state index contributed by atoms with van der Waals surface area (Å²) in [6, 6.07) is 3.76. The predicted molar refractivity (Wildman–Crippen MR) is 63.3 cm³/mol. The summed E-state index contributed by atoms with van der Waals surface area (Å²) < 4.78 is 0. The Kier molecular flexibility index (Phi) is 4.46. The van der Waals surface area contributed by atoms with Crippen molar-refractivity contribution in [3.05, 3.63) is 21.9 Å². The fraction of sp³-hybridized carbons (Fsp3) is 0.545. The van der Waals surface area contributed by atoms with Crippen LogP contribution in [0.1, 0.15) is 30.5 Å². The first-order valence-electron chi connectivity index (χ1n) is 5.07. The zero-order chi connectivity index (χ0) is 12.2. The van der Waals surface area contributed by atoms with Crippen molar-refractivity contribution in [2.45, 2.75) is 39.3 Å². The van der Waals surface area contributed by atoms with Crippen LogP contribution in [0, 0.1) is 0 Å². The van der Waals surface area contributed by atoms with Crippen molar-refractivity contribution in [1.29, 1.82) is 0 Å². The maximum absolute atomic E-state index is 10.5. The fourth-order valence-electron chi connectivity index (χ4n) is 1.09. The van der Waals surface area contributed by atoms with Gasteiger partial charge in [0.1, 0.15) is 0 Å². The maximum atomic E-state index is 10.5. The third-order valence-electron chi connectivity index (χ3n) is 1.67. The van der Waals surface area contributed by atoms with E-state index in [9.17, 15) is 4.79 Å². The number of thiophene rings is 1. The molecule has 2 N–H and O–H groups in total. The SMILES string of the molecule is CC(C)(C)ONCc1ccc(CC(=O)O)s1. The van der Waals surface area contributed by atoms with E-state index in [2.05, 4.69) is 5.48 Å². The summed E-state index contributed by atoms with van der Waals surface area (Å²) in [6.07, 6.45) is 0.0881. The van der Waals surface area contributed by atoms with Gasteiger partial charge in [0.2, 0.25) is 0 Å². The highest BCUT2D eigenvalue weighted by molar-refractivity contribution is 7.12. The molecule has 0 fully saturated rings. The van der Waals surface area contributed by atoms with E-state index in [1.165, 1.54) is 11.3 Å². The summed E-state index contributed by atoms with van der Waals surface area (Å²) >= 11 is 1.49. The van der Waals surface area contributed by atoms with Crippen LogP contribution in [-0.4, -0.2) is 16.7 Å². The van der Waals surface area contributed by atoms with E-state index in [0.29, 0.717) is 6.54 Å². The van der Waals surface area contributed by atoms with Gasteiger partial charge in [0.25, 0.3) is 0 Å². The van der Waals surface area contributed by atoms with Gasteiger partial charge in [0.05, 0.1) is 18.6 Å². The minimum absolute atomic E-state index is 0.0881. The zero-order valence-electron chi connectivity index (χ0n) is 9.74. The first-order valence-corrected chi connectivity index (χ1v) is 5.89. The fourth-order valence-corrected chi connectivity index (χ4v) is 2.02. The molecule has 0 unspecified atom stereocenters. The maximum Gasteiger partial charge on any atom is 0.308 e. The Bertz CT molecular complexity index is 354. The minimum atomic E-state index is -0.799. The van der Waals surface area contributed by atoms with Gasteiger partial charge in [0.15, 0.2) is 0 Å². The number of carbonyl (C=O) groups is 1. The Morgan fingerprint density at radius 1 is 1.44 bits per heavy atom. The molecule has 0 aliphatic carbocycles. The second-order valence-electron chi connectivity index (χ2n) is 4.47. The van der Waals surface area contributed by atoms with Crippen molar-refractivity contribution in [3.63, 3.8) is 0 Å². The molecule has 1 heterocycles. The number of hydrogen-bond donors (Lipinski definition) is 2. The lowest BCUT2D eigenvalue weighted by Gasteiger charge is -2.18. The Hall–Kier alpha value is -0.910. The standard InChI is InChI=1S/C11H17NO3S/c1-11(2,3)15-12-7-9-5-4-8(16-9)6-10(13)14/h4-5,12H,6-7H2,1-3H3,(H,13,14). The number of rotatable bonds is 5. The van der Waals surface area contributed by atoms with Gasteiger partial charge in [-0.25, -0.2) is 0 Å². The van der Waals surface area contributed by atoms with Gasteiger partial charge in [-0.2, -0.15) is 5.48 Å². The molecular formula is C11H17NO3S. The van der Waals surface area contributed by atoms with E-state index >= 15 is 0 Å². The highest BCUT2D eigenvalue weighted by atomic mass is 32.1. The van der Waals surface area contributed by atoms with Crippen molar-refractivity contribution < 1.29 is 14.7 Å². The van der Waals surface area contributed by atoms with Crippen molar-refractivity contribution in [2.24, 2.45) is 0 Å². The molecule has 0 atom stereocenters. The third-order valence-corrected chi connectivity index (χ3v) is 2.75. The molecule has 1 rings (SSSR count). The Labute approximate surface area is 99.2 Å². The van der Waals surface area contributed by atoms with E-state index in [4.69, 9.17) is 9.94 Å². The van der Waals surface area contributed by atoms with Gasteiger partial charge in [-0.05, 0) is 32.9 Å². The molecule has 0 amide bonds. The van der Waals surface area contributed by atoms with Crippen LogP contribution in [0.4, 0.5) is 0 Å². The lowest BCUT2D eigenvalue weighted by molar-refractivity contribution is -0.136. The number of carboxylic acids is 1. The molecule has 0 aliphatic rings. The normalized spacial score (nSPS) is 11.7. The van der Waals surface area contributed by atoms with E-state index in [0.717, 1.165) is 9.75 Å². The van der Waals surface area contributed by atoms with Crippen LogP contribution in [-0.2, 0) is 22.6 Å². The van der Waals surface area contributed by atoms with Crippen LogP contribution in [0.3, 0.4) is 0 Å². The van der Waals surface area contributed by atoms with E-state index in [1.54, 1.807) is 0 Å². The molecule has 0 radical (unpaired) electrons. The largest absolute Gasteiger partial charge is 0.481 e. The van der Waals surface area contributed by atoms with Gasteiger partial charge in [-0.15, -0.1) is 11.3 Å². The molecule has 0 bridgehead atoms. The van der Waals surface area contributed by atoms with E-state index in [-0.39, 0.29) is 12.0 Å². The van der Waals surface area contributed by atoms with Crippen molar-refractivity contribution >= 4 is 17.3 Å². The van der Waals surface area contributed by atoms with Gasteiger partial charge < -0.3 is 5.11 Å². The molecule has 0 saturated heterocycles. The predicted octanol–water partition coefficient (Wildman–Crippen LogP) is 2.19. The Balaban J connectivity index is 2.38. The lowest BCUT2D eigenvalue weighted by Crippen LogP contribution is -2.28. The monoisotopic (exact) mass is 243 g/mol. The van der Waals surface area contributed by atoms with Crippen molar-refractivity contribution in [2.75, 3.05) is 0 Å². The van der Waals surface area contributed by atoms with Crippen LogP contribution in [0.2, 0.25) is 0 Å². The van der Waals surface area contributed by atoms with Gasteiger partial charge in [0, 0.05) is 9.75 Å². The first kappa shape index (κ1) is 13.2. The van der Waals surface area contributed by atoms with Crippen LogP contribution in [0.15, 0.2) is 12.1 Å². The average molecular weight is 243 g/mol. The third kappa shape index (κ3) is 5.25. The second kappa shape index (κ2) is 5.43.